The first kappa shape index (κ1) is 22.3. The number of likely N-dealkylation sites (tertiary alicyclic amines) is 1. The number of H-pyrrole nitrogens is 1. The Hall–Kier alpha value is -2.39. The average Bonchev–Trinajstić information content (AvgIpc) is 3.28. The number of carbonyl (C=O) groups excluding carboxylic acids is 1. The molecule has 0 spiro atoms. The van der Waals surface area contributed by atoms with Crippen LogP contribution in [0.2, 0.25) is 0 Å². The number of thioether (sulfide) groups is 1. The number of aromatic nitrogens is 4. The quantitative estimate of drug-likeness (QED) is 0.304. The molecular weight excluding hydrogens is 400 g/mol. The fourth-order valence-corrected chi connectivity index (χ4v) is 3.93. The maximum absolute atomic E-state index is 11.8. The van der Waals surface area contributed by atoms with Crippen molar-refractivity contribution in [3.8, 4) is 5.88 Å². The van der Waals surface area contributed by atoms with E-state index in [9.17, 15) is 4.79 Å². The first-order valence-electron chi connectivity index (χ1n) is 10.5. The van der Waals surface area contributed by atoms with Gasteiger partial charge in [-0.3, -0.25) is 14.8 Å². The lowest BCUT2D eigenvalue weighted by atomic mass is 10.1. The molecule has 30 heavy (non-hydrogen) atoms. The number of pyridine rings is 1. The summed E-state index contributed by atoms with van der Waals surface area (Å²) in [6.07, 6.45) is 12.4. The number of ether oxygens (including phenoxy) is 1. The fourth-order valence-electron chi connectivity index (χ4n) is 3.21. The number of rotatable bonds is 12. The largest absolute Gasteiger partial charge is 0.473 e. The molecule has 0 aliphatic carbocycles. The summed E-state index contributed by atoms with van der Waals surface area (Å²) >= 11 is 1.54. The number of nitrogens with zero attached hydrogens (tertiary/aromatic N) is 4. The molecule has 0 atom stereocenters. The molecule has 2 aromatic heterocycles. The van der Waals surface area contributed by atoms with Crippen LogP contribution in [-0.2, 0) is 11.3 Å². The molecule has 2 N–H and O–H groups in total. The van der Waals surface area contributed by atoms with Crippen LogP contribution in [0.5, 0.6) is 5.88 Å². The number of carbonyl (C=O) groups is 1. The van der Waals surface area contributed by atoms with E-state index in [2.05, 4.69) is 36.4 Å². The first-order chi connectivity index (χ1) is 14.8. The molecule has 1 aliphatic rings. The monoisotopic (exact) mass is 430 g/mol. The normalized spacial score (nSPS) is 14.8. The Morgan fingerprint density at radius 2 is 2.17 bits per heavy atom. The number of nitrogens with one attached hydrogen (secondary N) is 2. The number of piperidine rings is 1. The Morgan fingerprint density at radius 1 is 1.27 bits per heavy atom. The lowest BCUT2D eigenvalue weighted by Gasteiger charge is -2.26. The fraction of sp³-hybridized carbons (Fsp3) is 0.524. The Morgan fingerprint density at radius 3 is 3.00 bits per heavy atom. The molecule has 0 aromatic carbocycles. The highest BCUT2D eigenvalue weighted by Crippen LogP contribution is 2.15. The van der Waals surface area contributed by atoms with Gasteiger partial charge < -0.3 is 10.1 Å². The van der Waals surface area contributed by atoms with Gasteiger partial charge in [-0.05, 0) is 50.1 Å². The number of hydrogen-bond acceptors (Lipinski definition) is 7. The third-order valence-corrected chi connectivity index (χ3v) is 5.69. The van der Waals surface area contributed by atoms with Crippen LogP contribution in [0.4, 0.5) is 0 Å². The van der Waals surface area contributed by atoms with Crippen molar-refractivity contribution in [2.45, 2.75) is 43.8 Å². The van der Waals surface area contributed by atoms with Gasteiger partial charge in [-0.25, -0.2) is 9.97 Å². The van der Waals surface area contributed by atoms with E-state index >= 15 is 0 Å². The second-order valence-electron chi connectivity index (χ2n) is 7.16. The Balaban J connectivity index is 1.25. The predicted molar refractivity (Wildman–Crippen MR) is 117 cm³/mol. The second kappa shape index (κ2) is 13.0. The van der Waals surface area contributed by atoms with Crippen molar-refractivity contribution in [3.05, 3.63) is 42.4 Å². The van der Waals surface area contributed by atoms with Crippen LogP contribution >= 0.6 is 11.8 Å². The highest BCUT2D eigenvalue weighted by Gasteiger charge is 2.10. The molecule has 1 aliphatic heterocycles. The molecule has 2 aromatic rings. The lowest BCUT2D eigenvalue weighted by Crippen LogP contribution is -2.29. The maximum Gasteiger partial charge on any atom is 0.220 e. The Bertz CT molecular complexity index is 778. The van der Waals surface area contributed by atoms with Crippen molar-refractivity contribution in [2.24, 2.45) is 0 Å². The summed E-state index contributed by atoms with van der Waals surface area (Å²) < 4.78 is 5.71. The summed E-state index contributed by atoms with van der Waals surface area (Å²) in [6.45, 7) is 4.24. The molecular formula is C21H30N6O2S. The zero-order valence-electron chi connectivity index (χ0n) is 17.3. The van der Waals surface area contributed by atoms with Crippen LogP contribution in [0.1, 0.15) is 37.7 Å². The molecule has 1 fully saturated rings. The van der Waals surface area contributed by atoms with Crippen molar-refractivity contribution >= 4 is 17.7 Å². The highest BCUT2D eigenvalue weighted by atomic mass is 32.2. The zero-order valence-corrected chi connectivity index (χ0v) is 18.1. The van der Waals surface area contributed by atoms with E-state index in [1.165, 1.54) is 49.7 Å². The maximum atomic E-state index is 11.8. The molecule has 9 heteroatoms. The Kier molecular flexibility index (Phi) is 9.68. The summed E-state index contributed by atoms with van der Waals surface area (Å²) in [6, 6.07) is 4.07. The van der Waals surface area contributed by atoms with Gasteiger partial charge in [-0.2, -0.15) is 0 Å². The van der Waals surface area contributed by atoms with Crippen molar-refractivity contribution in [1.29, 1.82) is 0 Å². The molecule has 3 rings (SSSR count). The van der Waals surface area contributed by atoms with Gasteiger partial charge in [-0.1, -0.05) is 24.3 Å². The third kappa shape index (κ3) is 8.54. The smallest absolute Gasteiger partial charge is 0.220 e. The van der Waals surface area contributed by atoms with E-state index in [1.807, 2.05) is 18.2 Å². The summed E-state index contributed by atoms with van der Waals surface area (Å²) in [7, 11) is 0. The molecule has 0 unspecified atom stereocenters. The molecule has 0 saturated carbocycles. The standard InChI is InChI=1S/C21H30N6O2S/c28-19(7-6-14-30-21-24-17-25-26-21)22-9-2-5-13-29-20-15-18(8-10-23-20)16-27-11-3-1-4-12-27/h2,5,8,10,15,17H,1,3-4,6-7,9,11-14,16H2,(H,22,28)(H,24,25,26). The van der Waals surface area contributed by atoms with E-state index in [-0.39, 0.29) is 5.91 Å². The van der Waals surface area contributed by atoms with E-state index in [0.29, 0.717) is 30.6 Å². The molecule has 1 saturated heterocycles. The van der Waals surface area contributed by atoms with Gasteiger partial charge in [0.1, 0.15) is 12.9 Å². The van der Waals surface area contributed by atoms with Gasteiger partial charge in [0.2, 0.25) is 16.9 Å². The third-order valence-electron chi connectivity index (χ3n) is 4.74. The van der Waals surface area contributed by atoms with E-state index in [4.69, 9.17) is 4.74 Å². The first-order valence-corrected chi connectivity index (χ1v) is 11.5. The van der Waals surface area contributed by atoms with Crippen LogP contribution in [0.15, 0.2) is 42.0 Å². The van der Waals surface area contributed by atoms with Gasteiger partial charge in [0.15, 0.2) is 0 Å². The van der Waals surface area contributed by atoms with Crippen molar-refractivity contribution in [2.75, 3.05) is 32.0 Å². The van der Waals surface area contributed by atoms with Gasteiger partial charge >= 0.3 is 0 Å². The van der Waals surface area contributed by atoms with Crippen LogP contribution in [0, 0.1) is 0 Å². The van der Waals surface area contributed by atoms with Crippen molar-refractivity contribution in [3.63, 3.8) is 0 Å². The molecule has 3 heterocycles. The average molecular weight is 431 g/mol. The topological polar surface area (TPSA) is 96.0 Å². The van der Waals surface area contributed by atoms with Gasteiger partial charge in [0.25, 0.3) is 0 Å². The molecule has 0 radical (unpaired) electrons. The van der Waals surface area contributed by atoms with Crippen LogP contribution in [0.25, 0.3) is 0 Å². The molecule has 162 valence electrons. The second-order valence-corrected chi connectivity index (χ2v) is 8.22. The van der Waals surface area contributed by atoms with Crippen LogP contribution in [0.3, 0.4) is 0 Å². The zero-order chi connectivity index (χ0) is 20.9. The number of amides is 1. The minimum absolute atomic E-state index is 0.0447. The minimum atomic E-state index is 0.0447. The van der Waals surface area contributed by atoms with Gasteiger partial charge in [0.05, 0.1) is 0 Å². The Labute approximate surface area is 181 Å². The van der Waals surface area contributed by atoms with Crippen molar-refractivity contribution < 1.29 is 9.53 Å². The number of hydrogen-bond donors (Lipinski definition) is 2. The summed E-state index contributed by atoms with van der Waals surface area (Å²) in [5.41, 5.74) is 1.24. The van der Waals surface area contributed by atoms with Crippen LogP contribution < -0.4 is 10.1 Å². The molecule has 8 nitrogen and oxygen atoms in total. The van der Waals surface area contributed by atoms with E-state index in [1.54, 1.807) is 12.5 Å². The van der Waals surface area contributed by atoms with Gasteiger partial charge in [-0.15, -0.1) is 5.10 Å². The van der Waals surface area contributed by atoms with Gasteiger partial charge in [0, 0.05) is 37.5 Å². The number of aromatic amines is 1. The van der Waals surface area contributed by atoms with Crippen molar-refractivity contribution in [1.82, 2.24) is 30.4 Å². The lowest BCUT2D eigenvalue weighted by molar-refractivity contribution is -0.120. The molecule has 0 bridgehead atoms. The predicted octanol–water partition coefficient (Wildman–Crippen LogP) is 2.81. The minimum Gasteiger partial charge on any atom is -0.473 e. The molecule has 1 amide bonds. The highest BCUT2D eigenvalue weighted by molar-refractivity contribution is 7.99. The van der Waals surface area contributed by atoms with E-state index < -0.39 is 0 Å². The van der Waals surface area contributed by atoms with E-state index in [0.717, 1.165) is 18.7 Å². The summed E-state index contributed by atoms with van der Waals surface area (Å²) in [4.78, 5) is 22.6. The SMILES string of the molecule is O=C(CCCSc1nc[nH]n1)NCC=CCOc1cc(CN2CCCCC2)ccn1. The summed E-state index contributed by atoms with van der Waals surface area (Å²) in [5.74, 6) is 1.50. The summed E-state index contributed by atoms with van der Waals surface area (Å²) in [5, 5.41) is 10.2. The van der Waals surface area contributed by atoms with Crippen LogP contribution in [-0.4, -0.2) is 63.0 Å².